The molecular weight excluding hydrogens is 311 g/mol. The van der Waals surface area contributed by atoms with Crippen molar-refractivity contribution >= 4 is 0 Å². The zero-order valence-corrected chi connectivity index (χ0v) is 17.4. The molecule has 1 unspecified atom stereocenters. The van der Waals surface area contributed by atoms with Crippen LogP contribution >= 0.6 is 0 Å². The van der Waals surface area contributed by atoms with Crippen LogP contribution in [0.1, 0.15) is 68.2 Å². The van der Waals surface area contributed by atoms with Crippen LogP contribution in [-0.4, -0.2) is 24.1 Å². The minimum atomic E-state index is -0.795. The molecule has 1 spiro atoms. The maximum absolute atomic E-state index is 12.6. The molecule has 0 N–H and O–H groups in total. The molecule has 1 aliphatic heterocycles. The van der Waals surface area contributed by atoms with Crippen molar-refractivity contribution in [2.75, 3.05) is 0 Å². The normalized spacial score (nSPS) is 45.7. The standard InChI is InChI=1S/C20H34O4.Li/c1-12-13(2)24-20(23-12)14-9-10-19(8,18(14,6)7)16(20)22-15(21)11-17(3,4)5;/h11-14,16,21H,9-10H2,1-8H3;/q;+1/p-1/b15-11+;/t12-,13+,14-,16-,19-,20?;/m0./s1. The predicted octanol–water partition coefficient (Wildman–Crippen LogP) is 0.600. The fraction of sp³-hybridized carbons (Fsp3) is 0.900. The van der Waals surface area contributed by atoms with Gasteiger partial charge in [-0.25, -0.2) is 0 Å². The van der Waals surface area contributed by atoms with E-state index in [0.29, 0.717) is 0 Å². The maximum Gasteiger partial charge on any atom is 1.00 e. The molecule has 2 aliphatic carbocycles. The largest absolute Gasteiger partial charge is 1.00 e. The molecule has 0 aromatic heterocycles. The molecule has 4 nitrogen and oxygen atoms in total. The number of fused-ring (bicyclic) bond motifs is 3. The first-order valence-electron chi connectivity index (χ1n) is 9.26. The Bertz CT molecular complexity index is 540. The van der Waals surface area contributed by atoms with Crippen LogP contribution in [-0.2, 0) is 14.2 Å². The van der Waals surface area contributed by atoms with E-state index < -0.39 is 5.79 Å². The van der Waals surface area contributed by atoms with E-state index in [9.17, 15) is 5.11 Å². The fourth-order valence-corrected chi connectivity index (χ4v) is 5.13. The van der Waals surface area contributed by atoms with Crippen LogP contribution in [0.4, 0.5) is 0 Å². The van der Waals surface area contributed by atoms with Crippen LogP contribution < -0.4 is 24.0 Å². The van der Waals surface area contributed by atoms with Gasteiger partial charge in [0.05, 0.1) is 18.3 Å². The van der Waals surface area contributed by atoms with Crippen molar-refractivity contribution in [1.82, 2.24) is 0 Å². The Hall–Kier alpha value is -0.143. The molecule has 3 rings (SSSR count). The van der Waals surface area contributed by atoms with E-state index in [0.717, 1.165) is 12.8 Å². The average molecular weight is 344 g/mol. The van der Waals surface area contributed by atoms with Crippen LogP contribution in [0.2, 0.25) is 0 Å². The van der Waals surface area contributed by atoms with Gasteiger partial charge in [-0.05, 0) is 42.9 Å². The molecular formula is C20H33LiO4. The molecule has 25 heavy (non-hydrogen) atoms. The second-order valence-electron chi connectivity index (χ2n) is 9.93. The van der Waals surface area contributed by atoms with Crippen LogP contribution in [0.25, 0.3) is 0 Å². The second-order valence-corrected chi connectivity index (χ2v) is 9.93. The molecule has 0 radical (unpaired) electrons. The van der Waals surface area contributed by atoms with Gasteiger partial charge in [-0.3, -0.25) is 0 Å². The van der Waals surface area contributed by atoms with Gasteiger partial charge in [0, 0.05) is 11.9 Å². The van der Waals surface area contributed by atoms with Crippen LogP contribution in [0, 0.1) is 22.2 Å². The van der Waals surface area contributed by atoms with Gasteiger partial charge < -0.3 is 19.3 Å². The van der Waals surface area contributed by atoms with Crippen LogP contribution in [0.3, 0.4) is 0 Å². The molecule has 2 bridgehead atoms. The van der Waals surface area contributed by atoms with Crippen molar-refractivity contribution in [2.24, 2.45) is 22.2 Å². The Morgan fingerprint density at radius 3 is 2.12 bits per heavy atom. The summed E-state index contributed by atoms with van der Waals surface area (Å²) >= 11 is 0. The zero-order chi connectivity index (χ0) is 18.1. The Labute approximate surface area is 164 Å². The Kier molecular flexibility index (Phi) is 5.24. The molecule has 1 saturated heterocycles. The van der Waals surface area contributed by atoms with Gasteiger partial charge in [-0.2, -0.15) is 0 Å². The van der Waals surface area contributed by atoms with E-state index in [1.807, 2.05) is 34.6 Å². The van der Waals surface area contributed by atoms with Crippen LogP contribution in [0.5, 0.6) is 0 Å². The third kappa shape index (κ3) is 2.98. The minimum Gasteiger partial charge on any atom is -0.604 e. The first-order chi connectivity index (χ1) is 10.8. The zero-order valence-electron chi connectivity index (χ0n) is 17.4. The predicted molar refractivity (Wildman–Crippen MR) is 90.8 cm³/mol. The second kappa shape index (κ2) is 6.19. The molecule has 0 aromatic carbocycles. The Morgan fingerprint density at radius 2 is 1.64 bits per heavy atom. The number of ether oxygens (including phenoxy) is 3. The third-order valence-corrected chi connectivity index (χ3v) is 6.91. The Balaban J connectivity index is 0.00000225. The van der Waals surface area contributed by atoms with E-state index in [1.165, 1.54) is 0 Å². The van der Waals surface area contributed by atoms with E-state index >= 15 is 0 Å². The quantitative estimate of drug-likeness (QED) is 0.544. The van der Waals surface area contributed by atoms with Gasteiger partial charge in [0.2, 0.25) is 0 Å². The summed E-state index contributed by atoms with van der Waals surface area (Å²) in [6.45, 7) is 16.9. The fourth-order valence-electron chi connectivity index (χ4n) is 5.13. The summed E-state index contributed by atoms with van der Waals surface area (Å²) in [6.07, 6.45) is 3.41. The number of hydrogen-bond donors (Lipinski definition) is 0. The van der Waals surface area contributed by atoms with Crippen molar-refractivity contribution in [2.45, 2.75) is 92.3 Å². The molecule has 2 saturated carbocycles. The van der Waals surface area contributed by atoms with Gasteiger partial charge in [-0.1, -0.05) is 47.6 Å². The monoisotopic (exact) mass is 344 g/mol. The number of allylic oxidation sites excluding steroid dienone is 1. The Morgan fingerprint density at radius 1 is 1.12 bits per heavy atom. The summed E-state index contributed by atoms with van der Waals surface area (Å²) in [6, 6.07) is 0. The SMILES string of the molecule is C[C@@H]1OC2(O[C@@H]1C)[C@H]1CC[C@@](C)([C@@H]2O/C([O-])=C/C(C)(C)C)C1(C)C.[Li+]. The molecule has 3 fully saturated rings. The van der Waals surface area contributed by atoms with Gasteiger partial charge in [-0.15, -0.1) is 0 Å². The molecule has 1 heterocycles. The van der Waals surface area contributed by atoms with E-state index in [2.05, 4.69) is 20.8 Å². The smallest absolute Gasteiger partial charge is 0.604 e. The van der Waals surface area contributed by atoms with Crippen molar-refractivity contribution in [3.05, 3.63) is 12.0 Å². The molecule has 6 atom stereocenters. The van der Waals surface area contributed by atoms with E-state index in [4.69, 9.17) is 14.2 Å². The number of hydrogen-bond acceptors (Lipinski definition) is 4. The molecule has 3 aliphatic rings. The van der Waals surface area contributed by atoms with E-state index in [-0.39, 0.29) is 65.3 Å². The van der Waals surface area contributed by atoms with Crippen LogP contribution in [0.15, 0.2) is 12.0 Å². The molecule has 0 amide bonds. The maximum atomic E-state index is 12.6. The summed E-state index contributed by atoms with van der Waals surface area (Å²) < 4.78 is 18.8. The van der Waals surface area contributed by atoms with Crippen molar-refractivity contribution in [3.8, 4) is 0 Å². The minimum absolute atomic E-state index is 0. The summed E-state index contributed by atoms with van der Waals surface area (Å²) in [7, 11) is 0. The third-order valence-electron chi connectivity index (χ3n) is 6.91. The summed E-state index contributed by atoms with van der Waals surface area (Å²) in [5.74, 6) is -0.817. The summed E-state index contributed by atoms with van der Waals surface area (Å²) in [5.41, 5.74) is -0.345. The topological polar surface area (TPSA) is 50.8 Å². The summed E-state index contributed by atoms with van der Waals surface area (Å²) in [4.78, 5) is 0. The van der Waals surface area contributed by atoms with Crippen molar-refractivity contribution < 1.29 is 38.2 Å². The molecule has 5 heteroatoms. The summed E-state index contributed by atoms with van der Waals surface area (Å²) in [5, 5.41) is 12.6. The van der Waals surface area contributed by atoms with E-state index in [1.54, 1.807) is 6.08 Å². The molecule has 138 valence electrons. The first-order valence-corrected chi connectivity index (χ1v) is 9.26. The van der Waals surface area contributed by atoms with Gasteiger partial charge >= 0.3 is 18.9 Å². The van der Waals surface area contributed by atoms with Crippen molar-refractivity contribution in [3.63, 3.8) is 0 Å². The van der Waals surface area contributed by atoms with Gasteiger partial charge in [0.25, 0.3) is 0 Å². The van der Waals surface area contributed by atoms with Gasteiger partial charge in [0.1, 0.15) is 0 Å². The average Bonchev–Trinajstić information content (AvgIpc) is 2.84. The number of rotatable bonds is 2. The first kappa shape index (κ1) is 21.2. The van der Waals surface area contributed by atoms with Gasteiger partial charge in [0.15, 0.2) is 5.79 Å². The van der Waals surface area contributed by atoms with Crippen molar-refractivity contribution in [1.29, 1.82) is 0 Å². The molecule has 0 aromatic rings.